The minimum Gasteiger partial charge on any atom is -0.327 e. The van der Waals surface area contributed by atoms with Crippen molar-refractivity contribution in [2.24, 2.45) is 5.73 Å². The summed E-state index contributed by atoms with van der Waals surface area (Å²) in [5, 5.41) is 0. The van der Waals surface area contributed by atoms with E-state index in [0.717, 1.165) is 18.5 Å². The van der Waals surface area contributed by atoms with Crippen molar-refractivity contribution in [3.05, 3.63) is 40.7 Å². The maximum Gasteiger partial charge on any atom is 0.187 e. The first-order valence-electron chi connectivity index (χ1n) is 5.53. The Kier molecular flexibility index (Phi) is 1.69. The molecule has 0 saturated heterocycles. The lowest BCUT2D eigenvalue weighted by atomic mass is 9.79. The number of hydrogen-bond donors (Lipinski definition) is 1. The van der Waals surface area contributed by atoms with Gasteiger partial charge in [-0.25, -0.2) is 4.85 Å². The Hall–Kier alpha value is -1.33. The highest BCUT2D eigenvalue weighted by molar-refractivity contribution is 5.54. The van der Waals surface area contributed by atoms with Crippen LogP contribution in [-0.2, 0) is 11.8 Å². The second-order valence-electron chi connectivity index (χ2n) is 4.77. The molecule has 2 aliphatic rings. The lowest BCUT2D eigenvalue weighted by Gasteiger charge is -2.26. The smallest absolute Gasteiger partial charge is 0.187 e. The Balaban J connectivity index is 2.11. The molecule has 2 N–H and O–H groups in total. The summed E-state index contributed by atoms with van der Waals surface area (Å²) in [4.78, 5) is 3.48. The number of nitrogens with zero attached hydrogens (tertiary/aromatic N) is 1. The van der Waals surface area contributed by atoms with Crippen molar-refractivity contribution in [1.82, 2.24) is 0 Å². The first-order valence-corrected chi connectivity index (χ1v) is 5.53. The molecule has 15 heavy (non-hydrogen) atoms. The molecule has 1 aromatic rings. The Morgan fingerprint density at radius 1 is 1.47 bits per heavy atom. The molecule has 2 nitrogen and oxygen atoms in total. The number of rotatable bonds is 0. The van der Waals surface area contributed by atoms with E-state index in [0.29, 0.717) is 6.04 Å². The molecule has 2 heteroatoms. The summed E-state index contributed by atoms with van der Waals surface area (Å²) in [6, 6.07) is 6.47. The van der Waals surface area contributed by atoms with Gasteiger partial charge in [-0.15, -0.1) is 0 Å². The molecule has 76 valence electrons. The third-order valence-electron chi connectivity index (χ3n) is 3.96. The summed E-state index contributed by atoms with van der Waals surface area (Å²) in [6.07, 6.45) is 4.71. The SMILES string of the molecule is [C-]#[N+]c1ccc2c(c1)CCCC21CC1N. The molecular formula is C13H14N2. The molecule has 0 bridgehead atoms. The summed E-state index contributed by atoms with van der Waals surface area (Å²) >= 11 is 0. The van der Waals surface area contributed by atoms with Crippen LogP contribution in [0, 0.1) is 6.57 Å². The van der Waals surface area contributed by atoms with Crippen molar-refractivity contribution in [3.8, 4) is 0 Å². The third-order valence-corrected chi connectivity index (χ3v) is 3.96. The normalized spacial score (nSPS) is 32.1. The molecular weight excluding hydrogens is 184 g/mol. The fourth-order valence-corrected chi connectivity index (χ4v) is 3.00. The number of fused-ring (bicyclic) bond motifs is 2. The van der Waals surface area contributed by atoms with Crippen LogP contribution in [0.4, 0.5) is 5.69 Å². The van der Waals surface area contributed by atoms with Crippen LogP contribution in [0.25, 0.3) is 4.85 Å². The van der Waals surface area contributed by atoms with Crippen LogP contribution >= 0.6 is 0 Å². The van der Waals surface area contributed by atoms with Crippen LogP contribution in [0.2, 0.25) is 0 Å². The number of hydrogen-bond acceptors (Lipinski definition) is 1. The highest BCUT2D eigenvalue weighted by Crippen LogP contribution is 2.54. The van der Waals surface area contributed by atoms with Crippen molar-refractivity contribution >= 4 is 5.69 Å². The van der Waals surface area contributed by atoms with Gasteiger partial charge in [-0.2, -0.15) is 0 Å². The van der Waals surface area contributed by atoms with E-state index in [2.05, 4.69) is 10.9 Å². The number of benzene rings is 1. The third kappa shape index (κ3) is 1.13. The van der Waals surface area contributed by atoms with E-state index in [1.807, 2.05) is 12.1 Å². The monoisotopic (exact) mass is 198 g/mol. The van der Waals surface area contributed by atoms with E-state index in [9.17, 15) is 0 Å². The van der Waals surface area contributed by atoms with Gasteiger partial charge < -0.3 is 5.73 Å². The Labute approximate surface area is 89.9 Å². The Morgan fingerprint density at radius 3 is 2.93 bits per heavy atom. The van der Waals surface area contributed by atoms with Gasteiger partial charge in [0, 0.05) is 11.5 Å². The van der Waals surface area contributed by atoms with Gasteiger partial charge >= 0.3 is 0 Å². The molecule has 1 saturated carbocycles. The summed E-state index contributed by atoms with van der Waals surface area (Å²) in [6.45, 7) is 7.02. The molecule has 0 amide bonds. The van der Waals surface area contributed by atoms with Crippen molar-refractivity contribution in [3.63, 3.8) is 0 Å². The zero-order chi connectivity index (χ0) is 10.5. The topological polar surface area (TPSA) is 30.4 Å². The molecule has 0 radical (unpaired) electrons. The minimum atomic E-state index is 0.286. The van der Waals surface area contributed by atoms with Crippen LogP contribution in [0.1, 0.15) is 30.4 Å². The predicted molar refractivity (Wildman–Crippen MR) is 59.9 cm³/mol. The van der Waals surface area contributed by atoms with Gasteiger partial charge in [0.05, 0.1) is 6.57 Å². The van der Waals surface area contributed by atoms with Crippen LogP contribution in [0.3, 0.4) is 0 Å². The van der Waals surface area contributed by atoms with E-state index in [1.165, 1.54) is 24.0 Å². The average Bonchev–Trinajstić information content (AvgIpc) is 2.89. The first kappa shape index (κ1) is 8.94. The molecule has 2 atom stereocenters. The molecule has 2 unspecified atom stereocenters. The summed E-state index contributed by atoms with van der Waals surface area (Å²) in [5.74, 6) is 0. The fourth-order valence-electron chi connectivity index (χ4n) is 3.00. The molecule has 1 fully saturated rings. The van der Waals surface area contributed by atoms with Crippen LogP contribution in [0.5, 0.6) is 0 Å². The number of nitrogens with two attached hydrogens (primary N) is 1. The fraction of sp³-hybridized carbons (Fsp3) is 0.462. The van der Waals surface area contributed by atoms with Gasteiger partial charge in [0.2, 0.25) is 0 Å². The maximum absolute atomic E-state index is 7.02. The van der Waals surface area contributed by atoms with E-state index in [4.69, 9.17) is 12.3 Å². The first-order chi connectivity index (χ1) is 7.26. The largest absolute Gasteiger partial charge is 0.327 e. The molecule has 2 aliphatic carbocycles. The summed E-state index contributed by atoms with van der Waals surface area (Å²) < 4.78 is 0. The highest BCUT2D eigenvalue weighted by atomic mass is 14.8. The molecule has 1 aromatic carbocycles. The summed E-state index contributed by atoms with van der Waals surface area (Å²) in [5.41, 5.74) is 9.89. The van der Waals surface area contributed by atoms with Crippen LogP contribution < -0.4 is 5.73 Å². The van der Waals surface area contributed by atoms with E-state index in [1.54, 1.807) is 0 Å². The lowest BCUT2D eigenvalue weighted by molar-refractivity contribution is 0.526. The van der Waals surface area contributed by atoms with E-state index < -0.39 is 0 Å². The van der Waals surface area contributed by atoms with Crippen LogP contribution in [0.15, 0.2) is 18.2 Å². The zero-order valence-corrected chi connectivity index (χ0v) is 8.66. The van der Waals surface area contributed by atoms with Crippen molar-refractivity contribution in [2.75, 3.05) is 0 Å². The number of aryl methyl sites for hydroxylation is 1. The Morgan fingerprint density at radius 2 is 2.27 bits per heavy atom. The van der Waals surface area contributed by atoms with Gasteiger partial charge in [0.1, 0.15) is 0 Å². The second-order valence-corrected chi connectivity index (χ2v) is 4.77. The molecule has 0 heterocycles. The van der Waals surface area contributed by atoms with Gasteiger partial charge in [-0.05, 0) is 31.2 Å². The standard InChI is InChI=1S/C13H14N2/c1-15-10-4-5-11-9(7-10)3-2-6-13(11)8-12(13)14/h4-5,7,12H,2-3,6,8,14H2. The van der Waals surface area contributed by atoms with Crippen molar-refractivity contribution in [1.29, 1.82) is 0 Å². The average molecular weight is 198 g/mol. The van der Waals surface area contributed by atoms with Gasteiger partial charge in [0.25, 0.3) is 0 Å². The van der Waals surface area contributed by atoms with Crippen LogP contribution in [-0.4, -0.2) is 6.04 Å². The van der Waals surface area contributed by atoms with Crippen molar-refractivity contribution < 1.29 is 0 Å². The van der Waals surface area contributed by atoms with E-state index in [-0.39, 0.29) is 5.41 Å². The maximum atomic E-state index is 7.02. The lowest BCUT2D eigenvalue weighted by Crippen LogP contribution is -2.23. The van der Waals surface area contributed by atoms with Gasteiger partial charge in [-0.1, -0.05) is 23.8 Å². The van der Waals surface area contributed by atoms with Crippen molar-refractivity contribution in [2.45, 2.75) is 37.1 Å². The molecule has 3 rings (SSSR count). The van der Waals surface area contributed by atoms with Gasteiger partial charge in [-0.3, -0.25) is 0 Å². The highest BCUT2D eigenvalue weighted by Gasteiger charge is 2.54. The zero-order valence-electron chi connectivity index (χ0n) is 8.66. The minimum absolute atomic E-state index is 0.286. The summed E-state index contributed by atoms with van der Waals surface area (Å²) in [7, 11) is 0. The Bertz CT molecular complexity index is 458. The van der Waals surface area contributed by atoms with Gasteiger partial charge in [0.15, 0.2) is 5.69 Å². The second kappa shape index (κ2) is 2.84. The predicted octanol–water partition coefficient (Wildman–Crippen LogP) is 2.54. The van der Waals surface area contributed by atoms with E-state index >= 15 is 0 Å². The molecule has 1 spiro atoms. The quantitative estimate of drug-likeness (QED) is 0.638. The molecule has 0 aliphatic heterocycles. The molecule has 0 aromatic heterocycles.